The van der Waals surface area contributed by atoms with Crippen LogP contribution in [0.2, 0.25) is 0 Å². The molecule has 7 heteroatoms. The summed E-state index contributed by atoms with van der Waals surface area (Å²) in [6, 6.07) is 15.6. The highest BCUT2D eigenvalue weighted by Crippen LogP contribution is 2.45. The normalized spacial score (nSPS) is 20.3. The molecule has 3 aromatic rings. The van der Waals surface area contributed by atoms with E-state index in [4.69, 9.17) is 4.42 Å². The maximum absolute atomic E-state index is 13.5. The molecule has 0 bridgehead atoms. The fourth-order valence-electron chi connectivity index (χ4n) is 4.69. The number of carbonyl (C=O) groups is 2. The molecule has 33 heavy (non-hydrogen) atoms. The molecule has 3 heterocycles. The van der Waals surface area contributed by atoms with E-state index < -0.39 is 5.92 Å². The number of hydrogen-bond donors (Lipinski definition) is 3. The predicted molar refractivity (Wildman–Crippen MR) is 122 cm³/mol. The van der Waals surface area contributed by atoms with E-state index >= 15 is 0 Å². The summed E-state index contributed by atoms with van der Waals surface area (Å²) in [5.41, 5.74) is 3.28. The average Bonchev–Trinajstić information content (AvgIpc) is 3.34. The number of Topliss-reactive ketones (excluding diaryl/α,β-unsaturated/α-hetero) is 1. The lowest BCUT2D eigenvalue weighted by atomic mass is 9.72. The van der Waals surface area contributed by atoms with Gasteiger partial charge in [0.15, 0.2) is 5.78 Å². The zero-order valence-corrected chi connectivity index (χ0v) is 18.0. The van der Waals surface area contributed by atoms with Crippen molar-refractivity contribution >= 4 is 17.5 Å². The van der Waals surface area contributed by atoms with Gasteiger partial charge < -0.3 is 20.2 Å². The molecule has 0 fully saturated rings. The quantitative estimate of drug-likeness (QED) is 0.555. The number of furan rings is 1. The van der Waals surface area contributed by atoms with Gasteiger partial charge in [0.25, 0.3) is 5.91 Å². The molecule has 1 aromatic carbocycles. The van der Waals surface area contributed by atoms with Gasteiger partial charge in [-0.3, -0.25) is 9.59 Å². The van der Waals surface area contributed by atoms with Crippen molar-refractivity contribution in [2.45, 2.75) is 31.6 Å². The van der Waals surface area contributed by atoms with Crippen molar-refractivity contribution in [3.8, 4) is 5.75 Å². The van der Waals surface area contributed by atoms with Crippen LogP contribution < -0.4 is 10.6 Å². The monoisotopic (exact) mass is 441 g/mol. The van der Waals surface area contributed by atoms with Gasteiger partial charge in [-0.15, -0.1) is 0 Å². The van der Waals surface area contributed by atoms with Crippen LogP contribution in [0.15, 0.2) is 94.0 Å². The summed E-state index contributed by atoms with van der Waals surface area (Å²) >= 11 is 0. The lowest BCUT2D eigenvalue weighted by Crippen LogP contribution is -2.37. The van der Waals surface area contributed by atoms with Crippen LogP contribution in [0.4, 0.5) is 5.82 Å². The van der Waals surface area contributed by atoms with Gasteiger partial charge in [0.05, 0.1) is 6.26 Å². The Kier molecular flexibility index (Phi) is 5.30. The number of ketones is 1. The number of dihydropyridines is 1. The van der Waals surface area contributed by atoms with Crippen LogP contribution in [0.5, 0.6) is 5.75 Å². The van der Waals surface area contributed by atoms with Crippen LogP contribution in [-0.4, -0.2) is 21.8 Å². The van der Waals surface area contributed by atoms with E-state index in [1.165, 1.54) is 0 Å². The third kappa shape index (κ3) is 3.93. The molecule has 2 aromatic heterocycles. The smallest absolute Gasteiger partial charge is 0.255 e. The Balaban J connectivity index is 1.57. The number of nitrogens with zero attached hydrogens (tertiary/aromatic N) is 1. The van der Waals surface area contributed by atoms with Crippen molar-refractivity contribution < 1.29 is 19.1 Å². The molecule has 2 atom stereocenters. The summed E-state index contributed by atoms with van der Waals surface area (Å²) in [6.45, 7) is 1.84. The molecule has 7 nitrogen and oxygen atoms in total. The Bertz CT molecular complexity index is 1260. The van der Waals surface area contributed by atoms with Crippen molar-refractivity contribution in [2.75, 3.05) is 5.32 Å². The van der Waals surface area contributed by atoms with Gasteiger partial charge in [-0.05, 0) is 55.3 Å². The number of amides is 1. The van der Waals surface area contributed by atoms with Crippen molar-refractivity contribution in [3.63, 3.8) is 0 Å². The zero-order chi connectivity index (χ0) is 22.9. The summed E-state index contributed by atoms with van der Waals surface area (Å²) in [6.07, 6.45) is 4.13. The molecule has 0 spiro atoms. The first-order valence-corrected chi connectivity index (χ1v) is 10.8. The molecular formula is C26H23N3O4. The van der Waals surface area contributed by atoms with Crippen molar-refractivity contribution in [2.24, 2.45) is 0 Å². The Morgan fingerprint density at radius 1 is 1.12 bits per heavy atom. The lowest BCUT2D eigenvalue weighted by Gasteiger charge is -2.36. The maximum atomic E-state index is 13.5. The second kappa shape index (κ2) is 8.43. The Morgan fingerprint density at radius 2 is 1.94 bits per heavy atom. The minimum atomic E-state index is -0.560. The lowest BCUT2D eigenvalue weighted by molar-refractivity contribution is -0.116. The van der Waals surface area contributed by atoms with E-state index in [2.05, 4.69) is 15.6 Å². The highest BCUT2D eigenvalue weighted by molar-refractivity contribution is 6.09. The number of benzene rings is 1. The molecule has 0 saturated heterocycles. The van der Waals surface area contributed by atoms with Gasteiger partial charge in [0, 0.05) is 47.0 Å². The SMILES string of the molecule is CC1=C(C(=O)Nc2ccccn2)C(c2ccc(O)cc2)C2=C(CC(c3ccco3)CC2=O)N1. The summed E-state index contributed by atoms with van der Waals surface area (Å²) in [4.78, 5) is 31.1. The zero-order valence-electron chi connectivity index (χ0n) is 18.0. The second-order valence-corrected chi connectivity index (χ2v) is 8.29. The minimum absolute atomic E-state index is 0.0288. The van der Waals surface area contributed by atoms with E-state index in [9.17, 15) is 14.7 Å². The van der Waals surface area contributed by atoms with Gasteiger partial charge in [0.2, 0.25) is 0 Å². The van der Waals surface area contributed by atoms with Gasteiger partial charge in [0.1, 0.15) is 17.3 Å². The molecule has 2 aliphatic rings. The van der Waals surface area contributed by atoms with Crippen molar-refractivity contribution in [3.05, 3.63) is 101 Å². The number of nitrogens with one attached hydrogen (secondary N) is 2. The molecule has 1 aliphatic carbocycles. The highest BCUT2D eigenvalue weighted by atomic mass is 16.3. The summed E-state index contributed by atoms with van der Waals surface area (Å²) < 4.78 is 5.56. The van der Waals surface area contributed by atoms with E-state index in [0.29, 0.717) is 35.5 Å². The number of pyridine rings is 1. The van der Waals surface area contributed by atoms with Crippen molar-refractivity contribution in [1.29, 1.82) is 0 Å². The highest BCUT2D eigenvalue weighted by Gasteiger charge is 2.41. The Labute approximate surface area is 190 Å². The van der Waals surface area contributed by atoms with Crippen LogP contribution in [0, 0.1) is 0 Å². The van der Waals surface area contributed by atoms with Gasteiger partial charge in [-0.25, -0.2) is 4.98 Å². The van der Waals surface area contributed by atoms with Crippen molar-refractivity contribution in [1.82, 2.24) is 10.3 Å². The standard InChI is InChI=1S/C26H23N3O4/c1-15-23(26(32)29-22-6-2-3-11-27-22)24(16-7-9-18(30)10-8-16)25-19(28-15)13-17(14-20(25)31)21-5-4-12-33-21/h2-12,17,24,28,30H,13-14H2,1H3,(H,27,29,32). The van der Waals surface area contributed by atoms with Crippen LogP contribution in [-0.2, 0) is 9.59 Å². The van der Waals surface area contributed by atoms with Crippen LogP contribution >= 0.6 is 0 Å². The third-order valence-corrected chi connectivity index (χ3v) is 6.15. The van der Waals surface area contributed by atoms with E-state index in [-0.39, 0.29) is 23.4 Å². The number of aromatic nitrogens is 1. The molecule has 1 amide bonds. The number of hydrogen-bond acceptors (Lipinski definition) is 6. The van der Waals surface area contributed by atoms with Crippen LogP contribution in [0.3, 0.4) is 0 Å². The number of carbonyl (C=O) groups excluding carboxylic acids is 2. The first kappa shape index (κ1) is 20.8. The largest absolute Gasteiger partial charge is 0.508 e. The van der Waals surface area contributed by atoms with Gasteiger partial charge >= 0.3 is 0 Å². The first-order valence-electron chi connectivity index (χ1n) is 10.8. The number of aromatic hydroxyl groups is 1. The molecule has 0 saturated carbocycles. The third-order valence-electron chi connectivity index (χ3n) is 6.15. The number of allylic oxidation sites excluding steroid dienone is 3. The van der Waals surface area contributed by atoms with E-state index in [0.717, 1.165) is 17.0 Å². The summed E-state index contributed by atoms with van der Waals surface area (Å²) in [5.74, 6) is 0.350. The Hall–Kier alpha value is -4.13. The minimum Gasteiger partial charge on any atom is -0.508 e. The molecule has 166 valence electrons. The fraction of sp³-hybridized carbons (Fsp3) is 0.192. The van der Waals surface area contributed by atoms with Gasteiger partial charge in [-0.2, -0.15) is 0 Å². The molecule has 5 rings (SSSR count). The predicted octanol–water partition coefficient (Wildman–Crippen LogP) is 4.38. The number of phenolic OH excluding ortho intramolecular Hbond substituents is 1. The maximum Gasteiger partial charge on any atom is 0.255 e. The van der Waals surface area contributed by atoms with E-state index in [1.54, 1.807) is 54.9 Å². The molecular weight excluding hydrogens is 418 g/mol. The summed E-state index contributed by atoms with van der Waals surface area (Å²) in [7, 11) is 0. The molecule has 0 radical (unpaired) electrons. The molecule has 1 aliphatic heterocycles. The number of rotatable bonds is 4. The number of phenols is 1. The summed E-state index contributed by atoms with van der Waals surface area (Å²) in [5, 5.41) is 16.0. The first-order chi connectivity index (χ1) is 16.0. The number of anilines is 1. The van der Waals surface area contributed by atoms with Gasteiger partial charge in [-0.1, -0.05) is 18.2 Å². The second-order valence-electron chi connectivity index (χ2n) is 8.29. The molecule has 2 unspecified atom stereocenters. The fourth-order valence-corrected chi connectivity index (χ4v) is 4.69. The van der Waals surface area contributed by atoms with Crippen LogP contribution in [0.25, 0.3) is 0 Å². The Morgan fingerprint density at radius 3 is 2.64 bits per heavy atom. The molecule has 3 N–H and O–H groups in total. The van der Waals surface area contributed by atoms with E-state index in [1.807, 2.05) is 19.1 Å². The average molecular weight is 441 g/mol. The topological polar surface area (TPSA) is 104 Å². The van der Waals surface area contributed by atoms with Crippen LogP contribution in [0.1, 0.15) is 42.9 Å².